The molecular formula is C23H30FIN4O2. The van der Waals surface area contributed by atoms with Crippen LogP contribution in [0.2, 0.25) is 0 Å². The zero-order chi connectivity index (χ0) is 21.3. The van der Waals surface area contributed by atoms with Gasteiger partial charge in [-0.05, 0) is 36.6 Å². The minimum atomic E-state index is -0.322. The molecule has 1 amide bonds. The van der Waals surface area contributed by atoms with Crippen LogP contribution in [0.3, 0.4) is 0 Å². The molecule has 0 aromatic heterocycles. The Bertz CT molecular complexity index is 868. The van der Waals surface area contributed by atoms with E-state index in [1.807, 2.05) is 24.0 Å². The average molecular weight is 540 g/mol. The van der Waals surface area contributed by atoms with Crippen molar-refractivity contribution in [2.45, 2.75) is 39.0 Å². The van der Waals surface area contributed by atoms with Crippen LogP contribution in [0.1, 0.15) is 30.9 Å². The van der Waals surface area contributed by atoms with Crippen LogP contribution in [0.5, 0.6) is 5.75 Å². The lowest BCUT2D eigenvalue weighted by molar-refractivity contribution is -0.131. The molecule has 0 spiro atoms. The van der Waals surface area contributed by atoms with Gasteiger partial charge in [-0.25, -0.2) is 4.39 Å². The maximum absolute atomic E-state index is 13.2. The molecule has 1 atom stereocenters. The van der Waals surface area contributed by atoms with E-state index in [0.29, 0.717) is 44.3 Å². The van der Waals surface area contributed by atoms with E-state index < -0.39 is 0 Å². The van der Waals surface area contributed by atoms with Gasteiger partial charge in [-0.1, -0.05) is 30.3 Å². The van der Waals surface area contributed by atoms with E-state index in [0.717, 1.165) is 6.42 Å². The highest BCUT2D eigenvalue weighted by Crippen LogP contribution is 2.22. The first-order valence-electron chi connectivity index (χ1n) is 10.3. The van der Waals surface area contributed by atoms with Gasteiger partial charge in [0.05, 0.1) is 6.54 Å². The van der Waals surface area contributed by atoms with Crippen LogP contribution in [-0.4, -0.2) is 43.0 Å². The minimum Gasteiger partial charge on any atom is -0.489 e. The molecule has 2 aromatic rings. The van der Waals surface area contributed by atoms with E-state index in [-0.39, 0.29) is 41.8 Å². The topological polar surface area (TPSA) is 66.0 Å². The number of nitrogens with one attached hydrogen (secondary N) is 2. The third-order valence-corrected chi connectivity index (χ3v) is 4.97. The molecule has 1 aliphatic heterocycles. The lowest BCUT2D eigenvalue weighted by Gasteiger charge is -2.18. The predicted octanol–water partition coefficient (Wildman–Crippen LogP) is 3.70. The summed E-state index contributed by atoms with van der Waals surface area (Å²) >= 11 is 0. The van der Waals surface area contributed by atoms with Gasteiger partial charge in [-0.15, -0.1) is 24.0 Å². The summed E-state index contributed by atoms with van der Waals surface area (Å²) in [6.07, 6.45) is 1.06. The van der Waals surface area contributed by atoms with Crippen molar-refractivity contribution < 1.29 is 13.9 Å². The van der Waals surface area contributed by atoms with Gasteiger partial charge in [0.15, 0.2) is 5.96 Å². The van der Waals surface area contributed by atoms with E-state index in [4.69, 9.17) is 4.74 Å². The quantitative estimate of drug-likeness (QED) is 0.232. The summed E-state index contributed by atoms with van der Waals surface area (Å²) in [6, 6.07) is 14.3. The molecule has 31 heavy (non-hydrogen) atoms. The molecule has 6 nitrogen and oxygen atoms in total. The van der Waals surface area contributed by atoms with E-state index in [1.54, 1.807) is 19.2 Å². The Morgan fingerprint density at radius 1 is 1.16 bits per heavy atom. The number of ether oxygens (including phenoxy) is 1. The molecule has 0 radical (unpaired) electrons. The number of carbonyl (C=O) groups is 1. The number of fused-ring (bicyclic) bond motifs is 1. The highest BCUT2D eigenvalue weighted by molar-refractivity contribution is 14.0. The molecule has 1 aliphatic rings. The predicted molar refractivity (Wildman–Crippen MR) is 131 cm³/mol. The number of hydrogen-bond donors (Lipinski definition) is 2. The summed E-state index contributed by atoms with van der Waals surface area (Å²) in [4.78, 5) is 18.5. The second-order valence-electron chi connectivity index (χ2n) is 7.39. The van der Waals surface area contributed by atoms with Gasteiger partial charge in [0.25, 0.3) is 0 Å². The molecule has 2 N–H and O–H groups in total. The van der Waals surface area contributed by atoms with Crippen molar-refractivity contribution in [3.8, 4) is 5.75 Å². The van der Waals surface area contributed by atoms with Crippen LogP contribution in [-0.2, 0) is 17.9 Å². The van der Waals surface area contributed by atoms with Crippen molar-refractivity contribution >= 4 is 35.8 Å². The number of rotatable bonds is 8. The molecule has 0 fully saturated rings. The molecular weight excluding hydrogens is 510 g/mol. The Kier molecular flexibility index (Phi) is 10.0. The van der Waals surface area contributed by atoms with Crippen molar-refractivity contribution in [1.82, 2.24) is 15.5 Å². The molecule has 8 heteroatoms. The van der Waals surface area contributed by atoms with Gasteiger partial charge < -0.3 is 20.3 Å². The van der Waals surface area contributed by atoms with Gasteiger partial charge in [-0.3, -0.25) is 9.79 Å². The number of guanidine groups is 1. The monoisotopic (exact) mass is 540 g/mol. The van der Waals surface area contributed by atoms with Crippen LogP contribution in [0, 0.1) is 5.82 Å². The van der Waals surface area contributed by atoms with Gasteiger partial charge in [0.1, 0.15) is 17.7 Å². The molecule has 0 saturated carbocycles. The van der Waals surface area contributed by atoms with Gasteiger partial charge in [0, 0.05) is 39.2 Å². The second kappa shape index (κ2) is 12.5. The number of carbonyl (C=O) groups excluding carboxylic acids is 1. The molecule has 0 bridgehead atoms. The second-order valence-corrected chi connectivity index (χ2v) is 7.39. The fourth-order valence-electron chi connectivity index (χ4n) is 3.39. The molecule has 0 aliphatic carbocycles. The smallest absolute Gasteiger partial charge is 0.223 e. The van der Waals surface area contributed by atoms with Gasteiger partial charge in [-0.2, -0.15) is 0 Å². The SMILES string of the molecule is CN=C(NCCCC(=O)N1Cc2ccccc2C1)NCC(C)Oc1cccc(F)c1.I. The first-order valence-corrected chi connectivity index (χ1v) is 10.3. The van der Waals surface area contributed by atoms with Gasteiger partial charge >= 0.3 is 0 Å². The van der Waals surface area contributed by atoms with E-state index in [9.17, 15) is 9.18 Å². The lowest BCUT2D eigenvalue weighted by atomic mass is 10.1. The molecule has 2 aromatic carbocycles. The standard InChI is InChI=1S/C23H29FN4O2.HI/c1-17(30-21-10-5-9-20(24)13-21)14-27-23(25-2)26-12-6-11-22(29)28-15-18-7-3-4-8-19(18)16-28;/h3-5,7-10,13,17H,6,11-12,14-16H2,1-2H3,(H2,25,26,27);1H. The molecule has 1 unspecified atom stereocenters. The largest absolute Gasteiger partial charge is 0.489 e. The fourth-order valence-corrected chi connectivity index (χ4v) is 3.39. The number of amides is 1. The third kappa shape index (κ3) is 7.68. The number of benzene rings is 2. The highest BCUT2D eigenvalue weighted by atomic mass is 127. The van der Waals surface area contributed by atoms with Crippen molar-refractivity contribution in [2.24, 2.45) is 4.99 Å². The summed E-state index contributed by atoms with van der Waals surface area (Å²) in [5.41, 5.74) is 2.48. The maximum Gasteiger partial charge on any atom is 0.223 e. The summed E-state index contributed by atoms with van der Waals surface area (Å²) < 4.78 is 18.9. The van der Waals surface area contributed by atoms with Crippen molar-refractivity contribution in [3.05, 3.63) is 65.5 Å². The Morgan fingerprint density at radius 2 is 1.87 bits per heavy atom. The van der Waals surface area contributed by atoms with Crippen molar-refractivity contribution in [1.29, 1.82) is 0 Å². The number of nitrogens with zero attached hydrogens (tertiary/aromatic N) is 2. The molecule has 168 valence electrons. The fraction of sp³-hybridized carbons (Fsp3) is 0.391. The van der Waals surface area contributed by atoms with Crippen LogP contribution < -0.4 is 15.4 Å². The van der Waals surface area contributed by atoms with Crippen molar-refractivity contribution in [3.63, 3.8) is 0 Å². The highest BCUT2D eigenvalue weighted by Gasteiger charge is 2.22. The van der Waals surface area contributed by atoms with Crippen molar-refractivity contribution in [2.75, 3.05) is 20.1 Å². The third-order valence-electron chi connectivity index (χ3n) is 4.97. The van der Waals surface area contributed by atoms with Crippen LogP contribution in [0.4, 0.5) is 4.39 Å². The molecule has 1 heterocycles. The Morgan fingerprint density at radius 3 is 2.52 bits per heavy atom. The maximum atomic E-state index is 13.2. The molecule has 3 rings (SSSR count). The number of hydrogen-bond acceptors (Lipinski definition) is 3. The average Bonchev–Trinajstić information content (AvgIpc) is 3.17. The zero-order valence-electron chi connectivity index (χ0n) is 17.9. The summed E-state index contributed by atoms with van der Waals surface area (Å²) in [7, 11) is 1.69. The number of halogens is 2. The van der Waals surface area contributed by atoms with E-state index in [2.05, 4.69) is 27.8 Å². The van der Waals surface area contributed by atoms with Gasteiger partial charge in [0.2, 0.25) is 5.91 Å². The first kappa shape index (κ1) is 24.9. The Labute approximate surface area is 200 Å². The Hall–Kier alpha value is -2.36. The first-order chi connectivity index (χ1) is 14.5. The van der Waals surface area contributed by atoms with Crippen LogP contribution >= 0.6 is 24.0 Å². The zero-order valence-corrected chi connectivity index (χ0v) is 20.3. The summed E-state index contributed by atoms with van der Waals surface area (Å²) in [5.74, 6) is 0.992. The molecule has 0 saturated heterocycles. The normalized spacial score (nSPS) is 13.8. The minimum absolute atomic E-state index is 0. The summed E-state index contributed by atoms with van der Waals surface area (Å²) in [6.45, 7) is 4.47. The lowest BCUT2D eigenvalue weighted by Crippen LogP contribution is -2.42. The number of aliphatic imine (C=N–C) groups is 1. The van der Waals surface area contributed by atoms with Crippen LogP contribution in [0.15, 0.2) is 53.5 Å². The Balaban J connectivity index is 0.00000341. The van der Waals surface area contributed by atoms with Crippen LogP contribution in [0.25, 0.3) is 0 Å². The summed E-state index contributed by atoms with van der Waals surface area (Å²) in [5, 5.41) is 6.40. The van der Waals surface area contributed by atoms with E-state index >= 15 is 0 Å². The van der Waals surface area contributed by atoms with E-state index in [1.165, 1.54) is 23.3 Å².